The fraction of sp³-hybridized carbons (Fsp3) is 0.350. The van der Waals surface area contributed by atoms with Gasteiger partial charge in [-0.3, -0.25) is 15.1 Å². The Hall–Kier alpha value is -2.69. The quantitative estimate of drug-likeness (QED) is 0.847. The van der Waals surface area contributed by atoms with Crippen LogP contribution in [0.5, 0.6) is 0 Å². The Balaban J connectivity index is 1.47. The van der Waals surface area contributed by atoms with Crippen molar-refractivity contribution in [2.75, 3.05) is 6.54 Å². The fourth-order valence-corrected chi connectivity index (χ4v) is 3.53. The van der Waals surface area contributed by atoms with Crippen molar-refractivity contribution in [2.24, 2.45) is 10.9 Å². The second-order valence-electron chi connectivity index (χ2n) is 6.81. The van der Waals surface area contributed by atoms with Crippen LogP contribution in [0.4, 0.5) is 0 Å². The van der Waals surface area contributed by atoms with Gasteiger partial charge in [-0.05, 0) is 47.9 Å². The molecular weight excluding hydrogens is 312 g/mol. The third-order valence-corrected chi connectivity index (χ3v) is 4.95. The first-order chi connectivity index (χ1) is 12.3. The molecule has 1 saturated carbocycles. The molecule has 1 aliphatic heterocycles. The number of nitrogens with one attached hydrogen (secondary N) is 2. The number of rotatable bonds is 3. The molecule has 2 heterocycles. The summed E-state index contributed by atoms with van der Waals surface area (Å²) in [6, 6.07) is 7.99. The van der Waals surface area contributed by atoms with E-state index in [-0.39, 0.29) is 5.91 Å². The molecule has 0 atom stereocenters. The number of fused-ring (bicyclic) bond motifs is 1. The first-order valence-electron chi connectivity index (χ1n) is 8.97. The topological polar surface area (TPSA) is 66.4 Å². The highest BCUT2D eigenvalue weighted by Crippen LogP contribution is 2.23. The number of amides is 1. The molecule has 2 aliphatic rings. The summed E-state index contributed by atoms with van der Waals surface area (Å²) in [6.07, 6.45) is 11.9. The van der Waals surface area contributed by atoms with Gasteiger partial charge in [-0.2, -0.15) is 0 Å². The molecule has 1 aromatic carbocycles. The van der Waals surface area contributed by atoms with Crippen molar-refractivity contribution in [3.8, 4) is 0 Å². The molecule has 0 spiro atoms. The van der Waals surface area contributed by atoms with E-state index in [0.29, 0.717) is 17.6 Å². The molecule has 1 aliphatic carbocycles. The molecule has 5 heteroatoms. The van der Waals surface area contributed by atoms with Gasteiger partial charge in [0.05, 0.1) is 0 Å². The van der Waals surface area contributed by atoms with Crippen molar-refractivity contribution >= 4 is 28.7 Å². The van der Waals surface area contributed by atoms with Crippen LogP contribution < -0.4 is 10.6 Å². The lowest BCUT2D eigenvalue weighted by atomic mass is 9.89. The van der Waals surface area contributed by atoms with E-state index in [4.69, 9.17) is 0 Å². The largest absolute Gasteiger partial charge is 0.355 e. The van der Waals surface area contributed by atoms with Crippen LogP contribution >= 0.6 is 0 Å². The molecule has 25 heavy (non-hydrogen) atoms. The molecule has 1 amide bonds. The Labute approximate surface area is 147 Å². The van der Waals surface area contributed by atoms with E-state index in [1.165, 1.54) is 32.1 Å². The minimum absolute atomic E-state index is 0.152. The Kier molecular flexibility index (Phi) is 4.46. The lowest BCUT2D eigenvalue weighted by molar-refractivity contribution is -0.115. The van der Waals surface area contributed by atoms with Gasteiger partial charge in [-0.25, -0.2) is 4.99 Å². The number of carbonyl (C=O) groups is 1. The molecule has 0 unspecified atom stereocenters. The first kappa shape index (κ1) is 15.8. The zero-order valence-corrected chi connectivity index (χ0v) is 14.2. The maximum absolute atomic E-state index is 12.2. The van der Waals surface area contributed by atoms with Crippen LogP contribution in [0.3, 0.4) is 0 Å². The van der Waals surface area contributed by atoms with Gasteiger partial charge < -0.3 is 5.32 Å². The third-order valence-electron chi connectivity index (χ3n) is 4.95. The number of aliphatic imine (C=N–C) groups is 1. The minimum atomic E-state index is -0.152. The molecule has 1 fully saturated rings. The highest BCUT2D eigenvalue weighted by molar-refractivity contribution is 6.13. The summed E-state index contributed by atoms with van der Waals surface area (Å²) in [5.74, 6) is 1.11. The number of carbonyl (C=O) groups excluding carboxylic acids is 1. The lowest BCUT2D eigenvalue weighted by Gasteiger charge is -2.21. The summed E-state index contributed by atoms with van der Waals surface area (Å²) < 4.78 is 0. The van der Waals surface area contributed by atoms with E-state index in [1.807, 2.05) is 36.5 Å². The molecule has 2 aromatic rings. The van der Waals surface area contributed by atoms with Crippen molar-refractivity contribution in [2.45, 2.75) is 32.1 Å². The standard InChI is InChI=1S/C20H22N4O/c25-19-18(11-15-6-7-17-13-21-9-8-16(17)10-15)23-20(24-19)22-12-14-4-2-1-3-5-14/h6-11,13-14H,1-5,12H2,(H2,22,23,24,25)/b18-11-. The molecule has 4 rings (SSSR count). The number of benzene rings is 1. The maximum atomic E-state index is 12.2. The van der Waals surface area contributed by atoms with E-state index >= 15 is 0 Å². The Bertz CT molecular complexity index is 850. The molecule has 1 aromatic heterocycles. The van der Waals surface area contributed by atoms with Crippen LogP contribution in [0, 0.1) is 5.92 Å². The van der Waals surface area contributed by atoms with Crippen LogP contribution in [-0.4, -0.2) is 23.4 Å². The Morgan fingerprint density at radius 3 is 2.92 bits per heavy atom. The second kappa shape index (κ2) is 7.05. The van der Waals surface area contributed by atoms with E-state index in [9.17, 15) is 4.79 Å². The number of guanidine groups is 1. The highest BCUT2D eigenvalue weighted by Gasteiger charge is 2.21. The van der Waals surface area contributed by atoms with E-state index in [2.05, 4.69) is 20.6 Å². The van der Waals surface area contributed by atoms with Gasteiger partial charge in [0, 0.05) is 24.3 Å². The van der Waals surface area contributed by atoms with Gasteiger partial charge in [-0.1, -0.05) is 31.4 Å². The lowest BCUT2D eigenvalue weighted by Crippen LogP contribution is -2.39. The minimum Gasteiger partial charge on any atom is -0.355 e. The van der Waals surface area contributed by atoms with Gasteiger partial charge in [-0.15, -0.1) is 0 Å². The SMILES string of the molecule is O=C1NC(NCC2CCCCC2)=N/C1=C\c1ccc2cnccc2c1. The summed E-state index contributed by atoms with van der Waals surface area (Å²) in [5.41, 5.74) is 1.40. The van der Waals surface area contributed by atoms with Gasteiger partial charge in [0.25, 0.3) is 5.91 Å². The highest BCUT2D eigenvalue weighted by atomic mass is 16.2. The van der Waals surface area contributed by atoms with E-state index < -0.39 is 0 Å². The van der Waals surface area contributed by atoms with Crippen molar-refractivity contribution in [1.82, 2.24) is 15.6 Å². The Morgan fingerprint density at radius 2 is 2.04 bits per heavy atom. The molecular formula is C20H22N4O. The third kappa shape index (κ3) is 3.71. The number of hydrogen-bond donors (Lipinski definition) is 2. The van der Waals surface area contributed by atoms with Crippen molar-refractivity contribution < 1.29 is 4.79 Å². The van der Waals surface area contributed by atoms with Crippen LogP contribution in [0.1, 0.15) is 37.7 Å². The van der Waals surface area contributed by atoms with Crippen LogP contribution in [-0.2, 0) is 4.79 Å². The molecule has 2 N–H and O–H groups in total. The fourth-order valence-electron chi connectivity index (χ4n) is 3.53. The number of pyridine rings is 1. The van der Waals surface area contributed by atoms with Gasteiger partial charge in [0.1, 0.15) is 5.70 Å². The monoisotopic (exact) mass is 334 g/mol. The summed E-state index contributed by atoms with van der Waals surface area (Å²) in [5, 5.41) is 8.30. The second-order valence-corrected chi connectivity index (χ2v) is 6.81. The van der Waals surface area contributed by atoms with Gasteiger partial charge >= 0.3 is 0 Å². The van der Waals surface area contributed by atoms with Crippen LogP contribution in [0.2, 0.25) is 0 Å². The van der Waals surface area contributed by atoms with Crippen LogP contribution in [0.25, 0.3) is 16.8 Å². The van der Waals surface area contributed by atoms with Crippen molar-refractivity contribution in [3.05, 3.63) is 47.9 Å². The summed E-state index contributed by atoms with van der Waals surface area (Å²) in [4.78, 5) is 20.7. The van der Waals surface area contributed by atoms with Gasteiger partial charge in [0.2, 0.25) is 5.96 Å². The van der Waals surface area contributed by atoms with Crippen molar-refractivity contribution in [1.29, 1.82) is 0 Å². The summed E-state index contributed by atoms with van der Waals surface area (Å²) in [6.45, 7) is 0.884. The van der Waals surface area contributed by atoms with E-state index in [1.54, 1.807) is 6.20 Å². The van der Waals surface area contributed by atoms with Gasteiger partial charge in [0.15, 0.2) is 0 Å². The average Bonchev–Trinajstić information content (AvgIpc) is 3.00. The maximum Gasteiger partial charge on any atom is 0.276 e. The summed E-state index contributed by atoms with van der Waals surface area (Å²) >= 11 is 0. The zero-order valence-electron chi connectivity index (χ0n) is 14.2. The molecule has 0 bridgehead atoms. The molecule has 0 saturated heterocycles. The normalized spacial score (nSPS) is 19.9. The molecule has 0 radical (unpaired) electrons. The first-order valence-corrected chi connectivity index (χ1v) is 8.97. The molecule has 5 nitrogen and oxygen atoms in total. The van der Waals surface area contributed by atoms with E-state index in [0.717, 1.165) is 22.9 Å². The Morgan fingerprint density at radius 1 is 1.16 bits per heavy atom. The molecule has 128 valence electrons. The summed E-state index contributed by atoms with van der Waals surface area (Å²) in [7, 11) is 0. The number of hydrogen-bond acceptors (Lipinski definition) is 4. The predicted octanol–water partition coefficient (Wildman–Crippen LogP) is 3.23. The predicted molar refractivity (Wildman–Crippen MR) is 99.9 cm³/mol. The zero-order chi connectivity index (χ0) is 17.1. The smallest absolute Gasteiger partial charge is 0.276 e. The average molecular weight is 334 g/mol. The van der Waals surface area contributed by atoms with Crippen molar-refractivity contribution in [3.63, 3.8) is 0 Å². The number of nitrogens with zero attached hydrogens (tertiary/aromatic N) is 2. The number of aromatic nitrogens is 1. The van der Waals surface area contributed by atoms with Crippen LogP contribution in [0.15, 0.2) is 47.3 Å².